The minimum Gasteiger partial charge on any atom is -0.308 e. The molecule has 0 saturated heterocycles. The maximum atomic E-state index is 5.15. The molecule has 0 N–H and O–H groups in total. The molecule has 11 rings (SSSR count). The summed E-state index contributed by atoms with van der Waals surface area (Å²) in [7, 11) is 0. The molecule has 46 heavy (non-hydrogen) atoms. The van der Waals surface area contributed by atoms with Crippen LogP contribution in [0.25, 0.3) is 95.5 Å². The molecule has 0 bridgehead atoms. The molecule has 214 valence electrons. The lowest BCUT2D eigenvalue weighted by atomic mass is 10.0. The number of aromatic nitrogens is 3. The maximum absolute atomic E-state index is 5.15. The van der Waals surface area contributed by atoms with Crippen LogP contribution in [0.5, 0.6) is 0 Å². The lowest BCUT2D eigenvalue weighted by Gasteiger charge is -2.09. The van der Waals surface area contributed by atoms with Crippen molar-refractivity contribution in [2.45, 2.75) is 0 Å². The van der Waals surface area contributed by atoms with Gasteiger partial charge in [0.05, 0.1) is 31.5 Å². The zero-order valence-electron chi connectivity index (χ0n) is 24.4. The predicted molar refractivity (Wildman–Crippen MR) is 199 cm³/mol. The van der Waals surface area contributed by atoms with Gasteiger partial charge in [0.15, 0.2) is 5.82 Å². The van der Waals surface area contributed by atoms with E-state index in [1.54, 1.807) is 0 Å². The van der Waals surface area contributed by atoms with Crippen molar-refractivity contribution < 1.29 is 0 Å². The minimum absolute atomic E-state index is 0.985. The predicted octanol–water partition coefficient (Wildman–Crippen LogP) is 12.0. The van der Waals surface area contributed by atoms with Gasteiger partial charge in [-0.2, -0.15) is 0 Å². The number of fused-ring (bicyclic) bond motifs is 15. The van der Waals surface area contributed by atoms with Crippen LogP contribution >= 0.6 is 22.7 Å². The fourth-order valence-electron chi connectivity index (χ4n) is 7.73. The number of thiophene rings is 2. The first-order valence-electron chi connectivity index (χ1n) is 15.5. The largest absolute Gasteiger partial charge is 0.308 e. The van der Waals surface area contributed by atoms with Crippen LogP contribution in [-0.4, -0.2) is 14.1 Å². The molecule has 0 aliphatic rings. The monoisotopic (exact) mass is 621 g/mol. The highest BCUT2D eigenvalue weighted by Crippen LogP contribution is 2.52. The number of nitrogens with zero attached hydrogens (tertiary/aromatic N) is 3. The molecular weight excluding hydrogens is 599 g/mol. The fraction of sp³-hybridized carbons (Fsp3) is 0. The van der Waals surface area contributed by atoms with Crippen molar-refractivity contribution >= 4 is 107 Å². The van der Waals surface area contributed by atoms with E-state index in [2.05, 4.69) is 143 Å². The second kappa shape index (κ2) is 9.04. The van der Waals surface area contributed by atoms with Crippen LogP contribution in [0.4, 0.5) is 0 Å². The fourth-order valence-corrected chi connectivity index (χ4v) is 10.3. The molecule has 5 heterocycles. The van der Waals surface area contributed by atoms with Crippen LogP contribution in [0.15, 0.2) is 140 Å². The number of hydrogen-bond donors (Lipinski definition) is 0. The third-order valence-corrected chi connectivity index (χ3v) is 12.0. The van der Waals surface area contributed by atoms with Gasteiger partial charge in [-0.05, 0) is 42.5 Å². The zero-order valence-corrected chi connectivity index (χ0v) is 26.1. The average molecular weight is 622 g/mol. The number of pyridine rings is 1. The van der Waals surface area contributed by atoms with E-state index in [9.17, 15) is 0 Å². The van der Waals surface area contributed by atoms with E-state index >= 15 is 0 Å². The molecule has 3 nitrogen and oxygen atoms in total. The highest BCUT2D eigenvalue weighted by Gasteiger charge is 2.26. The Bertz CT molecular complexity index is 2980. The van der Waals surface area contributed by atoms with Crippen molar-refractivity contribution in [1.82, 2.24) is 14.1 Å². The van der Waals surface area contributed by atoms with Crippen LogP contribution < -0.4 is 0 Å². The standard InChI is InChI=1S/C41H23N3S2/c1-2-12-24(13-3-1)43-32-20-10-6-16-27(32)36-37(43)40-35(34-28-17-7-11-21-33(28)45-39(34)36)29-22-23-42-41(38(29)46-40)44-30-18-8-4-14-25(30)26-15-5-9-19-31(26)44/h1-23H. The van der Waals surface area contributed by atoms with Gasteiger partial charge in [-0.15, -0.1) is 22.7 Å². The third-order valence-electron chi connectivity index (χ3n) is 9.55. The highest BCUT2D eigenvalue weighted by atomic mass is 32.1. The molecule has 5 heteroatoms. The van der Waals surface area contributed by atoms with Crippen molar-refractivity contribution in [3.05, 3.63) is 140 Å². The van der Waals surface area contributed by atoms with Gasteiger partial charge < -0.3 is 4.57 Å². The summed E-state index contributed by atoms with van der Waals surface area (Å²) < 4.78 is 10.0. The Balaban J connectivity index is 1.42. The quantitative estimate of drug-likeness (QED) is 0.188. The lowest BCUT2D eigenvalue weighted by Crippen LogP contribution is -1.96. The molecule has 5 aromatic heterocycles. The smallest absolute Gasteiger partial charge is 0.155 e. The van der Waals surface area contributed by atoms with Gasteiger partial charge in [-0.1, -0.05) is 91.0 Å². The van der Waals surface area contributed by atoms with Gasteiger partial charge in [0.2, 0.25) is 0 Å². The van der Waals surface area contributed by atoms with Crippen molar-refractivity contribution in [3.63, 3.8) is 0 Å². The molecule has 0 saturated carbocycles. The summed E-state index contributed by atoms with van der Waals surface area (Å²) in [5.41, 5.74) is 6.03. The lowest BCUT2D eigenvalue weighted by molar-refractivity contribution is 1.11. The first-order chi connectivity index (χ1) is 22.9. The molecule has 0 amide bonds. The summed E-state index contributed by atoms with van der Waals surface area (Å²) in [5.74, 6) is 0.985. The van der Waals surface area contributed by atoms with Crippen LogP contribution in [0, 0.1) is 0 Å². The molecule has 0 unspecified atom stereocenters. The Morgan fingerprint density at radius 1 is 0.413 bits per heavy atom. The number of benzene rings is 6. The normalized spacial score (nSPS) is 12.3. The van der Waals surface area contributed by atoms with Gasteiger partial charge >= 0.3 is 0 Å². The van der Waals surface area contributed by atoms with Gasteiger partial charge in [0.25, 0.3) is 0 Å². The Morgan fingerprint density at radius 3 is 1.74 bits per heavy atom. The van der Waals surface area contributed by atoms with E-state index in [-0.39, 0.29) is 0 Å². The molecule has 0 aliphatic carbocycles. The highest BCUT2D eigenvalue weighted by molar-refractivity contribution is 7.29. The SMILES string of the molecule is c1ccc(-n2c3ccccc3c3c4sc5ccccc5c4c4c5ccnc(-n6c7ccccc7c7ccccc76)c5sc4c32)cc1. The van der Waals surface area contributed by atoms with E-state index in [0.717, 1.165) is 5.82 Å². The molecule has 6 aromatic carbocycles. The number of para-hydroxylation sites is 4. The van der Waals surface area contributed by atoms with E-state index in [1.165, 1.54) is 89.6 Å². The van der Waals surface area contributed by atoms with Crippen molar-refractivity contribution in [3.8, 4) is 11.5 Å². The summed E-state index contributed by atoms with van der Waals surface area (Å²) in [5, 5.41) is 10.4. The summed E-state index contributed by atoms with van der Waals surface area (Å²) in [6, 6.07) is 48.3. The van der Waals surface area contributed by atoms with Crippen molar-refractivity contribution in [2.75, 3.05) is 0 Å². The third kappa shape index (κ3) is 3.09. The zero-order chi connectivity index (χ0) is 29.9. The van der Waals surface area contributed by atoms with Crippen molar-refractivity contribution in [2.24, 2.45) is 0 Å². The summed E-state index contributed by atoms with van der Waals surface area (Å²) in [4.78, 5) is 5.15. The van der Waals surface area contributed by atoms with E-state index in [4.69, 9.17) is 4.98 Å². The first kappa shape index (κ1) is 24.8. The second-order valence-electron chi connectivity index (χ2n) is 11.9. The molecule has 0 fully saturated rings. The van der Waals surface area contributed by atoms with E-state index in [1.807, 2.05) is 28.9 Å². The molecular formula is C41H23N3S2. The van der Waals surface area contributed by atoms with Gasteiger partial charge in [-0.25, -0.2) is 4.98 Å². The topological polar surface area (TPSA) is 22.8 Å². The Kier molecular flexibility index (Phi) is 4.87. The molecule has 0 spiro atoms. The molecule has 0 radical (unpaired) electrons. The Labute approximate surface area is 270 Å². The van der Waals surface area contributed by atoms with Crippen LogP contribution in [0.2, 0.25) is 0 Å². The first-order valence-corrected chi connectivity index (χ1v) is 17.1. The van der Waals surface area contributed by atoms with Gasteiger partial charge in [0.1, 0.15) is 0 Å². The Morgan fingerprint density at radius 2 is 1.00 bits per heavy atom. The average Bonchev–Trinajstić information content (AvgIpc) is 3.86. The second-order valence-corrected chi connectivity index (χ2v) is 14.0. The number of hydrogen-bond acceptors (Lipinski definition) is 3. The molecule has 0 aliphatic heterocycles. The molecule has 11 aromatic rings. The van der Waals surface area contributed by atoms with Crippen molar-refractivity contribution in [1.29, 1.82) is 0 Å². The maximum Gasteiger partial charge on any atom is 0.155 e. The van der Waals surface area contributed by atoms with Crippen LogP contribution in [-0.2, 0) is 0 Å². The van der Waals surface area contributed by atoms with Gasteiger partial charge in [-0.3, -0.25) is 4.57 Å². The minimum atomic E-state index is 0.985. The van der Waals surface area contributed by atoms with E-state index in [0.29, 0.717) is 0 Å². The van der Waals surface area contributed by atoms with Crippen LogP contribution in [0.1, 0.15) is 0 Å². The molecule has 0 atom stereocenters. The number of rotatable bonds is 2. The summed E-state index contributed by atoms with van der Waals surface area (Å²) in [6.07, 6.45) is 2.00. The Hall–Kier alpha value is -5.49. The summed E-state index contributed by atoms with van der Waals surface area (Å²) >= 11 is 3.80. The van der Waals surface area contributed by atoms with Gasteiger partial charge in [0, 0.05) is 64.4 Å². The summed E-state index contributed by atoms with van der Waals surface area (Å²) in [6.45, 7) is 0. The van der Waals surface area contributed by atoms with E-state index < -0.39 is 0 Å². The van der Waals surface area contributed by atoms with Crippen LogP contribution in [0.3, 0.4) is 0 Å².